The summed E-state index contributed by atoms with van der Waals surface area (Å²) < 4.78 is 29.7. The van der Waals surface area contributed by atoms with Crippen LogP contribution in [0.5, 0.6) is 17.2 Å². The van der Waals surface area contributed by atoms with Crippen molar-refractivity contribution in [3.05, 3.63) is 65.4 Å². The molecular weight excluding hydrogens is 361 g/mol. The summed E-state index contributed by atoms with van der Waals surface area (Å²) in [6.07, 6.45) is 2.06. The van der Waals surface area contributed by atoms with Crippen LogP contribution in [-0.4, -0.2) is 31.3 Å². The zero-order chi connectivity index (χ0) is 20.1. The Balaban J connectivity index is 1.95. The quantitative estimate of drug-likeness (QED) is 0.649. The standard InChI is InChI=1S/C21H18FN3O3/c1-26-18-8-13(9-19(27-2)21(18)28-3)10-20-24-7-6-17(25-20)14-4-5-16(22)15(11-14)12-23/h4-9,11H,10H2,1-3H3. The molecule has 0 N–H and O–H groups in total. The highest BCUT2D eigenvalue weighted by molar-refractivity contribution is 5.61. The van der Waals surface area contributed by atoms with Crippen molar-refractivity contribution in [3.63, 3.8) is 0 Å². The lowest BCUT2D eigenvalue weighted by molar-refractivity contribution is 0.324. The largest absolute Gasteiger partial charge is 0.493 e. The number of benzene rings is 2. The minimum Gasteiger partial charge on any atom is -0.493 e. The third kappa shape index (κ3) is 3.86. The summed E-state index contributed by atoms with van der Waals surface area (Å²) in [4.78, 5) is 8.85. The van der Waals surface area contributed by atoms with Gasteiger partial charge in [-0.3, -0.25) is 0 Å². The lowest BCUT2D eigenvalue weighted by Crippen LogP contribution is -2.01. The fraction of sp³-hybridized carbons (Fsp3) is 0.190. The highest BCUT2D eigenvalue weighted by Crippen LogP contribution is 2.38. The van der Waals surface area contributed by atoms with Gasteiger partial charge in [-0.15, -0.1) is 0 Å². The van der Waals surface area contributed by atoms with E-state index in [1.54, 1.807) is 39.7 Å². The molecule has 0 aliphatic heterocycles. The maximum atomic E-state index is 13.6. The monoisotopic (exact) mass is 379 g/mol. The molecule has 0 unspecified atom stereocenters. The summed E-state index contributed by atoms with van der Waals surface area (Å²) in [6, 6.07) is 11.5. The molecule has 7 heteroatoms. The number of halogens is 1. The van der Waals surface area contributed by atoms with Crippen LogP contribution in [0.3, 0.4) is 0 Å². The molecule has 2 aromatic carbocycles. The Morgan fingerprint density at radius 2 is 1.71 bits per heavy atom. The summed E-state index contributed by atoms with van der Waals surface area (Å²) in [7, 11) is 4.66. The number of aromatic nitrogens is 2. The van der Waals surface area contributed by atoms with Gasteiger partial charge in [-0.05, 0) is 42.0 Å². The molecule has 0 amide bonds. The van der Waals surface area contributed by atoms with Crippen LogP contribution < -0.4 is 14.2 Å². The zero-order valence-corrected chi connectivity index (χ0v) is 15.7. The number of nitrogens with zero attached hydrogens (tertiary/aromatic N) is 3. The molecule has 0 spiro atoms. The molecule has 0 atom stereocenters. The molecule has 3 rings (SSSR count). The number of methoxy groups -OCH3 is 3. The van der Waals surface area contributed by atoms with E-state index in [1.807, 2.05) is 18.2 Å². The van der Waals surface area contributed by atoms with E-state index >= 15 is 0 Å². The first-order valence-corrected chi connectivity index (χ1v) is 8.40. The molecule has 0 bridgehead atoms. The molecule has 0 fully saturated rings. The van der Waals surface area contributed by atoms with Gasteiger partial charge in [0.1, 0.15) is 17.7 Å². The lowest BCUT2D eigenvalue weighted by atomic mass is 10.1. The van der Waals surface area contributed by atoms with Crippen LogP contribution in [-0.2, 0) is 6.42 Å². The topological polar surface area (TPSA) is 77.3 Å². The van der Waals surface area contributed by atoms with Crippen molar-refractivity contribution >= 4 is 0 Å². The molecule has 0 radical (unpaired) electrons. The smallest absolute Gasteiger partial charge is 0.203 e. The minimum atomic E-state index is -0.557. The Kier molecular flexibility index (Phi) is 5.70. The molecule has 142 valence electrons. The fourth-order valence-corrected chi connectivity index (χ4v) is 2.84. The first-order chi connectivity index (χ1) is 13.6. The van der Waals surface area contributed by atoms with Gasteiger partial charge in [-0.25, -0.2) is 14.4 Å². The average molecular weight is 379 g/mol. The Labute approximate surface area is 162 Å². The van der Waals surface area contributed by atoms with Gasteiger partial charge in [0, 0.05) is 18.2 Å². The molecule has 0 saturated carbocycles. The number of nitriles is 1. The van der Waals surface area contributed by atoms with Crippen molar-refractivity contribution in [2.24, 2.45) is 0 Å². The number of hydrogen-bond acceptors (Lipinski definition) is 6. The van der Waals surface area contributed by atoms with E-state index in [-0.39, 0.29) is 5.56 Å². The highest BCUT2D eigenvalue weighted by Gasteiger charge is 2.14. The number of rotatable bonds is 6. The van der Waals surface area contributed by atoms with Crippen molar-refractivity contribution < 1.29 is 18.6 Å². The first-order valence-electron chi connectivity index (χ1n) is 8.40. The van der Waals surface area contributed by atoms with E-state index in [0.717, 1.165) is 5.56 Å². The average Bonchev–Trinajstić information content (AvgIpc) is 2.73. The first kappa shape index (κ1) is 19.1. The normalized spacial score (nSPS) is 10.2. The summed E-state index contributed by atoms with van der Waals surface area (Å²) in [5.41, 5.74) is 2.10. The zero-order valence-electron chi connectivity index (χ0n) is 15.7. The summed E-state index contributed by atoms with van der Waals surface area (Å²) in [5.74, 6) is 1.61. The van der Waals surface area contributed by atoms with Crippen molar-refractivity contribution in [1.82, 2.24) is 9.97 Å². The van der Waals surface area contributed by atoms with Crippen molar-refractivity contribution in [3.8, 4) is 34.6 Å². The fourth-order valence-electron chi connectivity index (χ4n) is 2.84. The van der Waals surface area contributed by atoms with E-state index in [1.165, 1.54) is 12.1 Å². The SMILES string of the molecule is COc1cc(Cc2nccc(-c3ccc(F)c(C#N)c3)n2)cc(OC)c1OC. The van der Waals surface area contributed by atoms with Crippen LogP contribution in [0.15, 0.2) is 42.6 Å². The maximum Gasteiger partial charge on any atom is 0.203 e. The Morgan fingerprint density at radius 1 is 1.00 bits per heavy atom. The van der Waals surface area contributed by atoms with Gasteiger partial charge in [0.15, 0.2) is 11.5 Å². The van der Waals surface area contributed by atoms with E-state index < -0.39 is 5.82 Å². The summed E-state index contributed by atoms with van der Waals surface area (Å²) in [5, 5.41) is 9.02. The van der Waals surface area contributed by atoms with Crippen LogP contribution in [0.4, 0.5) is 4.39 Å². The van der Waals surface area contributed by atoms with E-state index in [4.69, 9.17) is 19.5 Å². The third-order valence-electron chi connectivity index (χ3n) is 4.17. The van der Waals surface area contributed by atoms with Gasteiger partial charge >= 0.3 is 0 Å². The molecule has 6 nitrogen and oxygen atoms in total. The predicted octanol–water partition coefficient (Wildman–Crippen LogP) is 3.77. The molecule has 1 heterocycles. The van der Waals surface area contributed by atoms with E-state index in [2.05, 4.69) is 9.97 Å². The predicted molar refractivity (Wildman–Crippen MR) is 101 cm³/mol. The van der Waals surface area contributed by atoms with Crippen LogP contribution in [0.2, 0.25) is 0 Å². The Morgan fingerprint density at radius 3 is 2.32 bits per heavy atom. The summed E-state index contributed by atoms with van der Waals surface area (Å²) >= 11 is 0. The third-order valence-corrected chi connectivity index (χ3v) is 4.17. The van der Waals surface area contributed by atoms with Gasteiger partial charge in [-0.2, -0.15) is 5.26 Å². The number of ether oxygens (including phenoxy) is 3. The van der Waals surface area contributed by atoms with Gasteiger partial charge in [-0.1, -0.05) is 0 Å². The Hall–Kier alpha value is -3.66. The minimum absolute atomic E-state index is 0.0257. The van der Waals surface area contributed by atoms with Gasteiger partial charge < -0.3 is 14.2 Å². The maximum absolute atomic E-state index is 13.6. The second kappa shape index (κ2) is 8.35. The van der Waals surface area contributed by atoms with Crippen molar-refractivity contribution in [2.45, 2.75) is 6.42 Å². The van der Waals surface area contributed by atoms with Crippen molar-refractivity contribution in [2.75, 3.05) is 21.3 Å². The summed E-state index contributed by atoms with van der Waals surface area (Å²) in [6.45, 7) is 0. The molecule has 0 aliphatic carbocycles. The van der Waals surface area contributed by atoms with Gasteiger partial charge in [0.2, 0.25) is 5.75 Å². The highest BCUT2D eigenvalue weighted by atomic mass is 19.1. The molecule has 1 aromatic heterocycles. The molecule has 28 heavy (non-hydrogen) atoms. The van der Waals surface area contributed by atoms with Crippen LogP contribution >= 0.6 is 0 Å². The lowest BCUT2D eigenvalue weighted by Gasteiger charge is -2.14. The molecule has 3 aromatic rings. The van der Waals surface area contributed by atoms with Crippen LogP contribution in [0.25, 0.3) is 11.3 Å². The molecular formula is C21H18FN3O3. The second-order valence-electron chi connectivity index (χ2n) is 5.87. The van der Waals surface area contributed by atoms with Gasteiger partial charge in [0.05, 0.1) is 32.6 Å². The van der Waals surface area contributed by atoms with E-state index in [0.29, 0.717) is 40.8 Å². The molecule has 0 saturated heterocycles. The van der Waals surface area contributed by atoms with Crippen molar-refractivity contribution in [1.29, 1.82) is 5.26 Å². The van der Waals surface area contributed by atoms with Crippen LogP contribution in [0.1, 0.15) is 17.0 Å². The van der Waals surface area contributed by atoms with Gasteiger partial charge in [0.25, 0.3) is 0 Å². The second-order valence-corrected chi connectivity index (χ2v) is 5.87. The Bertz CT molecular complexity index is 1020. The number of hydrogen-bond donors (Lipinski definition) is 0. The van der Waals surface area contributed by atoms with Crippen LogP contribution in [0, 0.1) is 17.1 Å². The van der Waals surface area contributed by atoms with E-state index in [9.17, 15) is 4.39 Å². The molecule has 0 aliphatic rings.